The van der Waals surface area contributed by atoms with Crippen LogP contribution < -0.4 is 0 Å². The molecule has 1 heterocycles. The Morgan fingerprint density at radius 1 is 1.32 bits per heavy atom. The van der Waals surface area contributed by atoms with Crippen LogP contribution in [-0.4, -0.2) is 20.4 Å². The lowest BCUT2D eigenvalue weighted by atomic mass is 10.00. The Labute approximate surface area is 116 Å². The van der Waals surface area contributed by atoms with Gasteiger partial charge in [-0.1, -0.05) is 44.2 Å². The summed E-state index contributed by atoms with van der Waals surface area (Å²) in [6.45, 7) is 4.00. The van der Waals surface area contributed by atoms with Crippen LogP contribution in [0.5, 0.6) is 0 Å². The van der Waals surface area contributed by atoms with Crippen LogP contribution in [0.3, 0.4) is 0 Å². The molecule has 0 saturated heterocycles. The fourth-order valence-corrected chi connectivity index (χ4v) is 2.64. The fraction of sp³-hybridized carbons (Fsp3) is 0.357. The third-order valence-corrected chi connectivity index (χ3v) is 3.69. The van der Waals surface area contributed by atoms with Crippen molar-refractivity contribution in [2.45, 2.75) is 32.1 Å². The topological polar surface area (TPSA) is 63.1 Å². The number of nitrogens with zero attached hydrogens (tertiary/aromatic N) is 2. The van der Waals surface area contributed by atoms with Crippen molar-refractivity contribution in [2.24, 2.45) is 0 Å². The minimum Gasteiger partial charge on any atom is -0.481 e. The lowest BCUT2D eigenvalue weighted by Gasteiger charge is -2.08. The van der Waals surface area contributed by atoms with Gasteiger partial charge in [-0.25, -0.2) is 4.98 Å². The highest BCUT2D eigenvalue weighted by atomic mass is 32.1. The molecule has 1 unspecified atom stereocenters. The highest BCUT2D eigenvalue weighted by Crippen LogP contribution is 2.25. The normalized spacial score (nSPS) is 12.6. The Morgan fingerprint density at radius 2 is 2.00 bits per heavy atom. The van der Waals surface area contributed by atoms with Crippen molar-refractivity contribution < 1.29 is 9.90 Å². The zero-order valence-electron chi connectivity index (χ0n) is 10.9. The van der Waals surface area contributed by atoms with E-state index >= 15 is 0 Å². The van der Waals surface area contributed by atoms with E-state index < -0.39 is 11.9 Å². The third-order valence-electron chi connectivity index (χ3n) is 2.85. The molecule has 0 radical (unpaired) electrons. The van der Waals surface area contributed by atoms with Crippen molar-refractivity contribution in [3.8, 4) is 0 Å². The number of aromatic nitrogens is 2. The summed E-state index contributed by atoms with van der Waals surface area (Å²) < 4.78 is 4.23. The van der Waals surface area contributed by atoms with Crippen LogP contribution in [-0.2, 0) is 11.2 Å². The maximum absolute atomic E-state index is 11.4. The number of benzene rings is 1. The summed E-state index contributed by atoms with van der Waals surface area (Å²) >= 11 is 1.19. The van der Waals surface area contributed by atoms with Gasteiger partial charge in [0.2, 0.25) is 0 Å². The zero-order chi connectivity index (χ0) is 13.8. The van der Waals surface area contributed by atoms with Crippen molar-refractivity contribution in [2.75, 3.05) is 0 Å². The molecule has 0 saturated carbocycles. The van der Waals surface area contributed by atoms with Gasteiger partial charge in [0, 0.05) is 5.92 Å². The smallest absolute Gasteiger partial charge is 0.313 e. The average Bonchev–Trinajstić information content (AvgIpc) is 2.86. The summed E-state index contributed by atoms with van der Waals surface area (Å²) in [7, 11) is 0. The van der Waals surface area contributed by atoms with E-state index in [0.717, 1.165) is 11.4 Å². The van der Waals surface area contributed by atoms with Crippen LogP contribution >= 0.6 is 11.5 Å². The van der Waals surface area contributed by atoms with E-state index in [1.165, 1.54) is 11.5 Å². The Morgan fingerprint density at radius 3 is 2.53 bits per heavy atom. The minimum absolute atomic E-state index is 0.219. The van der Waals surface area contributed by atoms with Gasteiger partial charge in [-0.3, -0.25) is 4.79 Å². The summed E-state index contributed by atoms with van der Waals surface area (Å²) in [6.07, 6.45) is 0.447. The third kappa shape index (κ3) is 3.38. The first kappa shape index (κ1) is 13.7. The van der Waals surface area contributed by atoms with Crippen molar-refractivity contribution in [1.29, 1.82) is 0 Å². The predicted molar refractivity (Wildman–Crippen MR) is 74.5 cm³/mol. The van der Waals surface area contributed by atoms with Gasteiger partial charge in [-0.2, -0.15) is 4.37 Å². The fourth-order valence-electron chi connectivity index (χ4n) is 1.75. The van der Waals surface area contributed by atoms with Gasteiger partial charge in [0.15, 0.2) is 0 Å². The van der Waals surface area contributed by atoms with Crippen LogP contribution in [0.4, 0.5) is 0 Å². The summed E-state index contributed by atoms with van der Waals surface area (Å²) in [5.41, 5.74) is 0.996. The largest absolute Gasteiger partial charge is 0.481 e. The van der Waals surface area contributed by atoms with Crippen molar-refractivity contribution in [3.05, 3.63) is 46.7 Å². The van der Waals surface area contributed by atoms with Gasteiger partial charge in [0.25, 0.3) is 0 Å². The van der Waals surface area contributed by atoms with Gasteiger partial charge >= 0.3 is 5.97 Å². The second-order valence-corrected chi connectivity index (χ2v) is 5.51. The second kappa shape index (κ2) is 5.93. The molecule has 2 rings (SSSR count). The van der Waals surface area contributed by atoms with Gasteiger partial charge in [-0.15, -0.1) is 0 Å². The molecule has 1 aromatic heterocycles. The van der Waals surface area contributed by atoms with Gasteiger partial charge in [-0.05, 0) is 23.5 Å². The van der Waals surface area contributed by atoms with E-state index in [-0.39, 0.29) is 5.92 Å². The summed E-state index contributed by atoms with van der Waals surface area (Å²) in [4.78, 5) is 15.8. The standard InChI is InChI=1S/C14H16N2O2S/c1-9(2)12-15-13(19-16-12)11(14(17)18)8-10-6-4-3-5-7-10/h3-7,9,11H,8H2,1-2H3,(H,17,18). The van der Waals surface area contributed by atoms with Gasteiger partial charge < -0.3 is 5.11 Å². The van der Waals surface area contributed by atoms with Crippen molar-refractivity contribution in [1.82, 2.24) is 9.36 Å². The van der Waals surface area contributed by atoms with Crippen molar-refractivity contribution in [3.63, 3.8) is 0 Å². The van der Waals surface area contributed by atoms with Crippen LogP contribution in [0.25, 0.3) is 0 Å². The van der Waals surface area contributed by atoms with E-state index in [1.54, 1.807) is 0 Å². The highest BCUT2D eigenvalue weighted by molar-refractivity contribution is 7.05. The van der Waals surface area contributed by atoms with E-state index in [4.69, 9.17) is 0 Å². The summed E-state index contributed by atoms with van der Waals surface area (Å²) in [5, 5.41) is 9.96. The number of hydrogen-bond acceptors (Lipinski definition) is 4. The molecule has 0 aliphatic rings. The Hall–Kier alpha value is -1.75. The maximum Gasteiger partial charge on any atom is 0.313 e. The molecule has 0 fully saturated rings. The Kier molecular flexibility index (Phi) is 4.27. The minimum atomic E-state index is -0.852. The Balaban J connectivity index is 2.22. The lowest BCUT2D eigenvalue weighted by Crippen LogP contribution is -2.14. The SMILES string of the molecule is CC(C)c1nsc(C(Cc2ccccc2)C(=O)O)n1. The molecule has 2 aromatic rings. The quantitative estimate of drug-likeness (QED) is 0.911. The number of carbonyl (C=O) groups is 1. The first-order valence-electron chi connectivity index (χ1n) is 6.18. The molecule has 4 nitrogen and oxygen atoms in total. The van der Waals surface area contributed by atoms with Crippen LogP contribution in [0, 0.1) is 0 Å². The molecule has 5 heteroatoms. The first-order valence-corrected chi connectivity index (χ1v) is 6.95. The number of aliphatic carboxylic acids is 1. The molecular formula is C14H16N2O2S. The molecule has 1 aromatic carbocycles. The summed E-state index contributed by atoms with van der Waals surface area (Å²) in [5.74, 6) is -0.529. The molecule has 0 spiro atoms. The van der Waals surface area contributed by atoms with Crippen LogP contribution in [0.15, 0.2) is 30.3 Å². The van der Waals surface area contributed by atoms with Crippen LogP contribution in [0.2, 0.25) is 0 Å². The van der Waals surface area contributed by atoms with E-state index in [9.17, 15) is 9.90 Å². The monoisotopic (exact) mass is 276 g/mol. The molecule has 0 aliphatic heterocycles. The number of carboxylic acid groups (broad SMARTS) is 1. The van der Waals surface area contributed by atoms with Gasteiger partial charge in [0.1, 0.15) is 16.7 Å². The summed E-state index contributed by atoms with van der Waals surface area (Å²) in [6, 6.07) is 9.60. The molecule has 1 atom stereocenters. The molecule has 19 heavy (non-hydrogen) atoms. The van der Waals surface area contributed by atoms with Crippen molar-refractivity contribution >= 4 is 17.5 Å². The molecule has 0 amide bonds. The van der Waals surface area contributed by atoms with E-state index in [2.05, 4.69) is 9.36 Å². The van der Waals surface area contributed by atoms with Gasteiger partial charge in [0.05, 0.1) is 0 Å². The molecule has 100 valence electrons. The molecule has 0 aliphatic carbocycles. The first-order chi connectivity index (χ1) is 9.08. The number of hydrogen-bond donors (Lipinski definition) is 1. The predicted octanol–water partition coefficient (Wildman–Crippen LogP) is 3.07. The van der Waals surface area contributed by atoms with E-state index in [1.807, 2.05) is 44.2 Å². The number of rotatable bonds is 5. The second-order valence-electron chi connectivity index (χ2n) is 4.73. The lowest BCUT2D eigenvalue weighted by molar-refractivity contribution is -0.138. The number of carboxylic acids is 1. The highest BCUT2D eigenvalue weighted by Gasteiger charge is 2.25. The van der Waals surface area contributed by atoms with Crippen LogP contribution in [0.1, 0.15) is 42.1 Å². The van der Waals surface area contributed by atoms with E-state index in [0.29, 0.717) is 11.4 Å². The molecule has 0 bridgehead atoms. The molecular weight excluding hydrogens is 260 g/mol. The Bertz CT molecular complexity index is 552. The zero-order valence-corrected chi connectivity index (χ0v) is 11.7. The average molecular weight is 276 g/mol. The molecule has 1 N–H and O–H groups in total. The maximum atomic E-state index is 11.4.